The normalized spacial score (nSPS) is 21.1. The fraction of sp³-hybridized carbons (Fsp3) is 0.632. The number of aliphatic imine (C=N–C) groups is 1. The largest absolute Gasteiger partial charge is 0.396 e. The van der Waals surface area contributed by atoms with Gasteiger partial charge in [-0.3, -0.25) is 4.99 Å². The monoisotopic (exact) mass is 401 g/mol. The van der Waals surface area contributed by atoms with Crippen LogP contribution in [-0.2, 0) is 10.2 Å². The van der Waals surface area contributed by atoms with E-state index in [1.807, 2.05) is 18.2 Å². The maximum atomic E-state index is 9.34. The van der Waals surface area contributed by atoms with Crippen molar-refractivity contribution in [2.24, 2.45) is 10.4 Å². The smallest absolute Gasteiger partial charge is 0.191 e. The standard InChI is InChI=1S/C19H29Cl2N3O2/c1-18(2,14-4-5-15(20)16(21)10-14)11-23-17(22-3)24-12-19(6-8-25)7-9-26-13-19/h4-5,10,25H,6-9,11-13H2,1-3H3,(H2,22,23,24). The van der Waals surface area contributed by atoms with Crippen LogP contribution in [0.15, 0.2) is 23.2 Å². The lowest BCUT2D eigenvalue weighted by atomic mass is 9.84. The molecule has 0 saturated carbocycles. The number of hydrogen-bond acceptors (Lipinski definition) is 3. The quantitative estimate of drug-likeness (QED) is 0.484. The lowest BCUT2D eigenvalue weighted by Gasteiger charge is -2.30. The number of aliphatic hydroxyl groups excluding tert-OH is 1. The molecule has 0 radical (unpaired) electrons. The van der Waals surface area contributed by atoms with Crippen LogP contribution in [0.2, 0.25) is 10.0 Å². The van der Waals surface area contributed by atoms with E-state index < -0.39 is 0 Å². The molecule has 146 valence electrons. The van der Waals surface area contributed by atoms with Gasteiger partial charge >= 0.3 is 0 Å². The summed E-state index contributed by atoms with van der Waals surface area (Å²) >= 11 is 12.2. The minimum Gasteiger partial charge on any atom is -0.396 e. The maximum Gasteiger partial charge on any atom is 0.191 e. The lowest BCUT2D eigenvalue weighted by molar-refractivity contribution is 0.127. The van der Waals surface area contributed by atoms with E-state index in [1.54, 1.807) is 7.05 Å². The molecule has 0 spiro atoms. The average molecular weight is 402 g/mol. The molecule has 1 aromatic rings. The third-order valence-electron chi connectivity index (χ3n) is 5.08. The number of aliphatic hydroxyl groups is 1. The zero-order chi connectivity index (χ0) is 19.2. The molecule has 1 heterocycles. The van der Waals surface area contributed by atoms with Crippen molar-refractivity contribution in [3.63, 3.8) is 0 Å². The van der Waals surface area contributed by atoms with Crippen LogP contribution in [-0.4, -0.2) is 51.0 Å². The third-order valence-corrected chi connectivity index (χ3v) is 5.82. The van der Waals surface area contributed by atoms with Crippen molar-refractivity contribution in [1.82, 2.24) is 10.6 Å². The number of benzene rings is 1. The summed E-state index contributed by atoms with van der Waals surface area (Å²) < 4.78 is 5.54. The van der Waals surface area contributed by atoms with Crippen molar-refractivity contribution in [2.75, 3.05) is 40.0 Å². The second-order valence-corrected chi connectivity index (χ2v) is 8.38. The van der Waals surface area contributed by atoms with E-state index in [0.29, 0.717) is 23.2 Å². The second-order valence-electron chi connectivity index (χ2n) is 7.57. The van der Waals surface area contributed by atoms with Crippen molar-refractivity contribution < 1.29 is 9.84 Å². The summed E-state index contributed by atoms with van der Waals surface area (Å²) in [6.45, 7) is 7.29. The zero-order valence-corrected chi connectivity index (χ0v) is 17.3. The molecule has 1 saturated heterocycles. The van der Waals surface area contributed by atoms with Crippen LogP contribution in [0.25, 0.3) is 0 Å². The van der Waals surface area contributed by atoms with Gasteiger partial charge in [0.25, 0.3) is 0 Å². The second kappa shape index (κ2) is 9.27. The first-order valence-corrected chi connectivity index (χ1v) is 9.66. The van der Waals surface area contributed by atoms with E-state index in [4.69, 9.17) is 27.9 Å². The van der Waals surface area contributed by atoms with Gasteiger partial charge in [-0.05, 0) is 30.5 Å². The molecule has 0 amide bonds. The summed E-state index contributed by atoms with van der Waals surface area (Å²) in [4.78, 5) is 4.31. The van der Waals surface area contributed by atoms with Crippen LogP contribution < -0.4 is 10.6 Å². The van der Waals surface area contributed by atoms with Crippen LogP contribution in [0.3, 0.4) is 0 Å². The van der Waals surface area contributed by atoms with Crippen LogP contribution in [0, 0.1) is 5.41 Å². The van der Waals surface area contributed by atoms with Crippen LogP contribution in [0.4, 0.5) is 0 Å². The Morgan fingerprint density at radius 1 is 1.31 bits per heavy atom. The van der Waals surface area contributed by atoms with Gasteiger partial charge in [0.2, 0.25) is 0 Å². The highest BCUT2D eigenvalue weighted by Gasteiger charge is 2.34. The van der Waals surface area contributed by atoms with Crippen LogP contribution >= 0.6 is 23.2 Å². The highest BCUT2D eigenvalue weighted by atomic mass is 35.5. The van der Waals surface area contributed by atoms with E-state index in [1.165, 1.54) is 0 Å². The molecule has 0 aromatic heterocycles. The SMILES string of the molecule is CN=C(NCC1(CCO)CCOC1)NCC(C)(C)c1ccc(Cl)c(Cl)c1. The minimum absolute atomic E-state index is 0.0222. The lowest BCUT2D eigenvalue weighted by Crippen LogP contribution is -2.47. The summed E-state index contributed by atoms with van der Waals surface area (Å²) in [5.41, 5.74) is 0.937. The van der Waals surface area contributed by atoms with Crippen molar-refractivity contribution in [2.45, 2.75) is 32.1 Å². The molecule has 0 bridgehead atoms. The van der Waals surface area contributed by atoms with Gasteiger partial charge in [-0.2, -0.15) is 0 Å². The Bertz CT molecular complexity index is 629. The molecule has 26 heavy (non-hydrogen) atoms. The number of nitrogens with one attached hydrogen (secondary N) is 2. The summed E-state index contributed by atoms with van der Waals surface area (Å²) in [5.74, 6) is 0.738. The zero-order valence-electron chi connectivity index (χ0n) is 15.7. The van der Waals surface area contributed by atoms with Gasteiger partial charge in [0.15, 0.2) is 5.96 Å². The Morgan fingerprint density at radius 2 is 2.08 bits per heavy atom. The predicted octanol–water partition coefficient (Wildman–Crippen LogP) is 3.23. The number of rotatable bonds is 7. The van der Waals surface area contributed by atoms with Crippen molar-refractivity contribution in [3.8, 4) is 0 Å². The van der Waals surface area contributed by atoms with E-state index in [0.717, 1.165) is 37.5 Å². The molecule has 0 aliphatic carbocycles. The number of hydrogen-bond donors (Lipinski definition) is 3. The van der Waals surface area contributed by atoms with Crippen LogP contribution in [0.1, 0.15) is 32.3 Å². The molecule has 3 N–H and O–H groups in total. The Hall–Kier alpha value is -1.01. The van der Waals surface area contributed by atoms with E-state index in [-0.39, 0.29) is 17.4 Å². The molecule has 2 rings (SSSR count). The Labute approximate surface area is 166 Å². The molecule has 7 heteroatoms. The molecule has 1 fully saturated rings. The molecule has 5 nitrogen and oxygen atoms in total. The molecule has 1 aromatic carbocycles. The number of guanidine groups is 1. The Kier molecular flexibility index (Phi) is 7.59. The number of nitrogens with zero attached hydrogens (tertiary/aromatic N) is 1. The first-order valence-electron chi connectivity index (χ1n) is 8.91. The maximum absolute atomic E-state index is 9.34. The molecule has 1 atom stereocenters. The van der Waals surface area contributed by atoms with E-state index in [9.17, 15) is 5.11 Å². The van der Waals surface area contributed by atoms with E-state index in [2.05, 4.69) is 29.5 Å². The summed E-state index contributed by atoms with van der Waals surface area (Å²) in [7, 11) is 1.76. The third kappa shape index (κ3) is 5.49. The van der Waals surface area contributed by atoms with Gasteiger partial charge in [-0.25, -0.2) is 0 Å². The van der Waals surface area contributed by atoms with Gasteiger partial charge in [0.1, 0.15) is 0 Å². The first kappa shape index (κ1) is 21.3. The molecular weight excluding hydrogens is 373 g/mol. The van der Waals surface area contributed by atoms with Gasteiger partial charge in [0.05, 0.1) is 16.7 Å². The molecular formula is C19H29Cl2N3O2. The summed E-state index contributed by atoms with van der Waals surface area (Å²) in [5, 5.41) is 17.2. The molecule has 1 aliphatic heterocycles. The first-order chi connectivity index (χ1) is 12.3. The minimum atomic E-state index is -0.148. The van der Waals surface area contributed by atoms with Crippen molar-refractivity contribution in [1.29, 1.82) is 0 Å². The topological polar surface area (TPSA) is 65.9 Å². The summed E-state index contributed by atoms with van der Waals surface area (Å²) in [6.07, 6.45) is 1.68. The van der Waals surface area contributed by atoms with Gasteiger partial charge < -0.3 is 20.5 Å². The Morgan fingerprint density at radius 3 is 2.65 bits per heavy atom. The fourth-order valence-electron chi connectivity index (χ4n) is 3.13. The highest BCUT2D eigenvalue weighted by Crippen LogP contribution is 2.31. The fourth-order valence-corrected chi connectivity index (χ4v) is 3.43. The average Bonchev–Trinajstić information content (AvgIpc) is 3.06. The van der Waals surface area contributed by atoms with Gasteiger partial charge in [0, 0.05) is 44.2 Å². The van der Waals surface area contributed by atoms with Gasteiger partial charge in [-0.15, -0.1) is 0 Å². The Balaban J connectivity index is 1.94. The van der Waals surface area contributed by atoms with Crippen LogP contribution in [0.5, 0.6) is 0 Å². The van der Waals surface area contributed by atoms with Gasteiger partial charge in [-0.1, -0.05) is 43.1 Å². The number of ether oxygens (including phenoxy) is 1. The van der Waals surface area contributed by atoms with Crippen molar-refractivity contribution >= 4 is 29.2 Å². The number of halogens is 2. The molecule has 1 aliphatic rings. The predicted molar refractivity (Wildman–Crippen MR) is 108 cm³/mol. The van der Waals surface area contributed by atoms with Crippen molar-refractivity contribution in [3.05, 3.63) is 33.8 Å². The summed E-state index contributed by atoms with van der Waals surface area (Å²) in [6, 6.07) is 5.73. The highest BCUT2D eigenvalue weighted by molar-refractivity contribution is 6.42. The molecule has 1 unspecified atom stereocenters. The van der Waals surface area contributed by atoms with E-state index >= 15 is 0 Å².